The van der Waals surface area contributed by atoms with Crippen LogP contribution in [-0.4, -0.2) is 44.4 Å². The highest BCUT2D eigenvalue weighted by molar-refractivity contribution is 5.40. The third-order valence-electron chi connectivity index (χ3n) is 3.91. The summed E-state index contributed by atoms with van der Waals surface area (Å²) in [5.41, 5.74) is 0. The van der Waals surface area contributed by atoms with E-state index in [0.29, 0.717) is 17.9 Å². The molecule has 112 valence electrons. The quantitative estimate of drug-likeness (QED) is 0.905. The zero-order valence-corrected chi connectivity index (χ0v) is 12.5. The van der Waals surface area contributed by atoms with E-state index in [0.717, 1.165) is 12.5 Å². The fraction of sp³-hybridized carbons (Fsp3) is 0.571. The molecule has 0 bridgehead atoms. The fourth-order valence-electron chi connectivity index (χ4n) is 2.86. The van der Waals surface area contributed by atoms with Crippen LogP contribution in [0.15, 0.2) is 18.5 Å². The van der Waals surface area contributed by atoms with Crippen molar-refractivity contribution in [2.75, 3.05) is 23.8 Å². The number of hydrogen-bond acceptors (Lipinski definition) is 6. The maximum Gasteiger partial charge on any atom is 0.257 e. The Kier molecular flexibility index (Phi) is 3.98. The maximum atomic E-state index is 4.60. The van der Waals surface area contributed by atoms with Crippen molar-refractivity contribution in [1.82, 2.24) is 24.7 Å². The molecule has 1 N–H and O–H groups in total. The van der Waals surface area contributed by atoms with E-state index < -0.39 is 0 Å². The predicted octanol–water partition coefficient (Wildman–Crippen LogP) is 1.87. The smallest absolute Gasteiger partial charge is 0.257 e. The van der Waals surface area contributed by atoms with Crippen LogP contribution in [0.5, 0.6) is 0 Å². The molecule has 2 aromatic rings. The van der Waals surface area contributed by atoms with Gasteiger partial charge in [0, 0.05) is 32.0 Å². The van der Waals surface area contributed by atoms with Gasteiger partial charge in [0.15, 0.2) is 0 Å². The molecule has 1 aliphatic carbocycles. The highest BCUT2D eigenvalue weighted by Gasteiger charge is 2.24. The first-order chi connectivity index (χ1) is 10.3. The Balaban J connectivity index is 1.98. The minimum atomic E-state index is 0.535. The highest BCUT2D eigenvalue weighted by Crippen LogP contribution is 2.26. The summed E-state index contributed by atoms with van der Waals surface area (Å²) in [5, 5.41) is 7.21. The van der Waals surface area contributed by atoms with Gasteiger partial charge in [-0.05, 0) is 25.8 Å². The van der Waals surface area contributed by atoms with E-state index in [1.165, 1.54) is 25.7 Å². The van der Waals surface area contributed by atoms with Gasteiger partial charge in [0.1, 0.15) is 0 Å². The molecular formula is C14H21N7. The molecule has 7 heteroatoms. The predicted molar refractivity (Wildman–Crippen MR) is 81.8 cm³/mol. The van der Waals surface area contributed by atoms with Gasteiger partial charge in [-0.1, -0.05) is 12.8 Å². The van der Waals surface area contributed by atoms with E-state index in [4.69, 9.17) is 0 Å². The molecule has 2 heterocycles. The Morgan fingerprint density at radius 1 is 1.29 bits per heavy atom. The number of rotatable bonds is 5. The second kappa shape index (κ2) is 6.07. The Morgan fingerprint density at radius 2 is 2.10 bits per heavy atom. The molecule has 1 aliphatic rings. The average Bonchev–Trinajstić information content (AvgIpc) is 3.21. The molecule has 7 nitrogen and oxygen atoms in total. The van der Waals surface area contributed by atoms with Gasteiger partial charge in [-0.2, -0.15) is 20.1 Å². The molecule has 0 saturated heterocycles. The standard InChI is InChI=1S/C14H21N7/c1-3-20(11-7-4-5-8-11)13-17-12(15-2)18-14(19-13)21-10-6-9-16-21/h6,9-11H,3-5,7-8H2,1-2H3,(H,15,17,18,19). The molecule has 0 atom stereocenters. The van der Waals surface area contributed by atoms with E-state index in [1.807, 2.05) is 19.3 Å². The lowest BCUT2D eigenvalue weighted by Gasteiger charge is -2.27. The molecule has 2 aromatic heterocycles. The average molecular weight is 287 g/mol. The second-order valence-electron chi connectivity index (χ2n) is 5.18. The molecule has 0 aromatic carbocycles. The largest absolute Gasteiger partial charge is 0.357 e. The van der Waals surface area contributed by atoms with Crippen molar-refractivity contribution in [3.05, 3.63) is 18.5 Å². The van der Waals surface area contributed by atoms with Gasteiger partial charge in [-0.3, -0.25) is 0 Å². The zero-order valence-electron chi connectivity index (χ0n) is 12.5. The molecule has 0 unspecified atom stereocenters. The number of nitrogens with one attached hydrogen (secondary N) is 1. The van der Waals surface area contributed by atoms with Crippen LogP contribution in [0.4, 0.5) is 11.9 Å². The van der Waals surface area contributed by atoms with Crippen LogP contribution in [-0.2, 0) is 0 Å². The normalized spacial score (nSPS) is 15.3. The summed E-state index contributed by atoms with van der Waals surface area (Å²) in [6.07, 6.45) is 8.56. The van der Waals surface area contributed by atoms with Crippen LogP contribution in [0, 0.1) is 0 Å². The number of aromatic nitrogens is 5. The van der Waals surface area contributed by atoms with Crippen molar-refractivity contribution in [3.8, 4) is 5.95 Å². The summed E-state index contributed by atoms with van der Waals surface area (Å²) < 4.78 is 1.66. The molecule has 0 radical (unpaired) electrons. The number of anilines is 2. The first-order valence-corrected chi connectivity index (χ1v) is 7.52. The van der Waals surface area contributed by atoms with Crippen molar-refractivity contribution in [2.45, 2.75) is 38.6 Å². The summed E-state index contributed by atoms with van der Waals surface area (Å²) in [6.45, 7) is 3.05. The van der Waals surface area contributed by atoms with E-state index in [1.54, 1.807) is 10.9 Å². The monoisotopic (exact) mass is 287 g/mol. The third-order valence-corrected chi connectivity index (χ3v) is 3.91. The van der Waals surface area contributed by atoms with Gasteiger partial charge in [0.2, 0.25) is 11.9 Å². The lowest BCUT2D eigenvalue weighted by molar-refractivity contribution is 0.601. The minimum absolute atomic E-state index is 0.535. The fourth-order valence-corrected chi connectivity index (χ4v) is 2.86. The molecule has 0 aliphatic heterocycles. The molecule has 1 fully saturated rings. The van der Waals surface area contributed by atoms with E-state index >= 15 is 0 Å². The summed E-state index contributed by atoms with van der Waals surface area (Å²) in [5.74, 6) is 1.85. The molecular weight excluding hydrogens is 266 g/mol. The number of hydrogen-bond donors (Lipinski definition) is 1. The third kappa shape index (κ3) is 2.81. The molecule has 1 saturated carbocycles. The van der Waals surface area contributed by atoms with Gasteiger partial charge in [0.05, 0.1) is 0 Å². The molecule has 0 amide bonds. The molecule has 0 spiro atoms. The van der Waals surface area contributed by atoms with Crippen LogP contribution < -0.4 is 10.2 Å². The Labute approximate surface area is 124 Å². The topological polar surface area (TPSA) is 71.8 Å². The van der Waals surface area contributed by atoms with Gasteiger partial charge < -0.3 is 10.2 Å². The summed E-state index contributed by atoms with van der Waals surface area (Å²) in [6, 6.07) is 2.39. The van der Waals surface area contributed by atoms with Crippen LogP contribution >= 0.6 is 0 Å². The summed E-state index contributed by atoms with van der Waals surface area (Å²) >= 11 is 0. The van der Waals surface area contributed by atoms with Crippen LogP contribution in [0.3, 0.4) is 0 Å². The van der Waals surface area contributed by atoms with Crippen molar-refractivity contribution >= 4 is 11.9 Å². The molecule has 21 heavy (non-hydrogen) atoms. The van der Waals surface area contributed by atoms with Crippen LogP contribution in [0.1, 0.15) is 32.6 Å². The van der Waals surface area contributed by atoms with Gasteiger partial charge in [-0.25, -0.2) is 4.68 Å². The van der Waals surface area contributed by atoms with Crippen molar-refractivity contribution in [3.63, 3.8) is 0 Å². The van der Waals surface area contributed by atoms with Gasteiger partial charge in [0.25, 0.3) is 5.95 Å². The lowest BCUT2D eigenvalue weighted by atomic mass is 10.2. The zero-order chi connectivity index (χ0) is 14.7. The summed E-state index contributed by atoms with van der Waals surface area (Å²) in [7, 11) is 1.82. The molecule has 3 rings (SSSR count). The van der Waals surface area contributed by atoms with E-state index in [9.17, 15) is 0 Å². The lowest BCUT2D eigenvalue weighted by Crippen LogP contribution is -2.35. The Morgan fingerprint density at radius 3 is 2.71 bits per heavy atom. The van der Waals surface area contributed by atoms with Gasteiger partial charge >= 0.3 is 0 Å². The second-order valence-corrected chi connectivity index (χ2v) is 5.18. The Hall–Kier alpha value is -2.18. The van der Waals surface area contributed by atoms with Crippen LogP contribution in [0.2, 0.25) is 0 Å². The van der Waals surface area contributed by atoms with Gasteiger partial charge in [-0.15, -0.1) is 0 Å². The SMILES string of the molecule is CCN(c1nc(NC)nc(-n2cccn2)n1)C1CCCC1. The van der Waals surface area contributed by atoms with E-state index in [2.05, 4.69) is 37.2 Å². The summed E-state index contributed by atoms with van der Waals surface area (Å²) in [4.78, 5) is 15.8. The maximum absolute atomic E-state index is 4.60. The first kappa shape index (κ1) is 13.8. The van der Waals surface area contributed by atoms with Crippen LogP contribution in [0.25, 0.3) is 5.95 Å². The Bertz CT molecular complexity index is 575. The first-order valence-electron chi connectivity index (χ1n) is 7.52. The van der Waals surface area contributed by atoms with Crippen molar-refractivity contribution in [2.24, 2.45) is 0 Å². The van der Waals surface area contributed by atoms with Crippen molar-refractivity contribution in [1.29, 1.82) is 0 Å². The van der Waals surface area contributed by atoms with Crippen molar-refractivity contribution < 1.29 is 0 Å². The minimum Gasteiger partial charge on any atom is -0.357 e. The highest BCUT2D eigenvalue weighted by atomic mass is 15.4. The van der Waals surface area contributed by atoms with E-state index in [-0.39, 0.29) is 0 Å². The number of nitrogens with zero attached hydrogens (tertiary/aromatic N) is 6.